The van der Waals surface area contributed by atoms with Crippen LogP contribution in [0.2, 0.25) is 0 Å². The summed E-state index contributed by atoms with van der Waals surface area (Å²) < 4.78 is 13.4. The number of carbonyl (C=O) groups is 2. The third-order valence-corrected chi connectivity index (χ3v) is 4.79. The molecule has 0 unspecified atom stereocenters. The van der Waals surface area contributed by atoms with Crippen LogP contribution in [0.1, 0.15) is 28.8 Å². The van der Waals surface area contributed by atoms with Gasteiger partial charge in [-0.25, -0.2) is 4.39 Å². The molecule has 28 heavy (non-hydrogen) atoms. The molecule has 0 atom stereocenters. The Labute approximate surface area is 162 Å². The highest BCUT2D eigenvalue weighted by molar-refractivity contribution is 6.20. The maximum Gasteiger partial charge on any atom is 0.231 e. The maximum atomic E-state index is 13.4. The Kier molecular flexibility index (Phi) is 4.85. The van der Waals surface area contributed by atoms with E-state index in [4.69, 9.17) is 0 Å². The van der Waals surface area contributed by atoms with Crippen molar-refractivity contribution in [1.29, 1.82) is 0 Å². The first kappa shape index (κ1) is 17.9. The fraction of sp³-hybridized carbons (Fsp3) is 0.0833. The van der Waals surface area contributed by atoms with Gasteiger partial charge in [-0.2, -0.15) is 0 Å². The van der Waals surface area contributed by atoms with Crippen molar-refractivity contribution in [3.8, 4) is 0 Å². The van der Waals surface area contributed by atoms with Crippen molar-refractivity contribution in [2.24, 2.45) is 0 Å². The molecule has 1 amide bonds. The second kappa shape index (κ2) is 7.61. The van der Waals surface area contributed by atoms with E-state index in [9.17, 15) is 14.0 Å². The summed E-state index contributed by atoms with van der Waals surface area (Å²) >= 11 is 0. The van der Waals surface area contributed by atoms with Crippen LogP contribution >= 0.6 is 0 Å². The molecule has 0 radical (unpaired) electrons. The van der Waals surface area contributed by atoms with Crippen molar-refractivity contribution in [2.75, 3.05) is 4.90 Å². The monoisotopic (exact) mass is 371 g/mol. The van der Waals surface area contributed by atoms with Gasteiger partial charge in [-0.1, -0.05) is 60.7 Å². The van der Waals surface area contributed by atoms with E-state index in [1.165, 1.54) is 17.0 Å². The van der Waals surface area contributed by atoms with Crippen LogP contribution in [0.15, 0.2) is 90.5 Å². The standard InChI is InChI=1S/C24H18FNO2/c25-19-11-13-20(14-12-19)26-22(27)16-15-21(23(26)17-7-3-1-4-8-17)24(28)18-9-5-2-6-10-18/h1-14H,15-16H2. The fourth-order valence-corrected chi connectivity index (χ4v) is 3.47. The van der Waals surface area contributed by atoms with Crippen molar-refractivity contribution in [1.82, 2.24) is 0 Å². The number of Topliss-reactive ketones (excluding diaryl/α,β-unsaturated/α-hetero) is 1. The number of halogens is 1. The summed E-state index contributed by atoms with van der Waals surface area (Å²) in [6.45, 7) is 0. The fourth-order valence-electron chi connectivity index (χ4n) is 3.47. The molecule has 1 aliphatic heterocycles. The van der Waals surface area contributed by atoms with Gasteiger partial charge in [-0.3, -0.25) is 14.5 Å². The molecule has 4 heteroatoms. The van der Waals surface area contributed by atoms with Gasteiger partial charge in [0.15, 0.2) is 5.78 Å². The van der Waals surface area contributed by atoms with Crippen molar-refractivity contribution >= 4 is 23.1 Å². The van der Waals surface area contributed by atoms with Gasteiger partial charge in [0.05, 0.1) is 5.70 Å². The van der Waals surface area contributed by atoms with Crippen molar-refractivity contribution in [2.45, 2.75) is 12.8 Å². The molecule has 0 N–H and O–H groups in total. The maximum absolute atomic E-state index is 13.4. The number of allylic oxidation sites excluding steroid dienone is 1. The first-order valence-electron chi connectivity index (χ1n) is 9.12. The lowest BCUT2D eigenvalue weighted by molar-refractivity contribution is -0.118. The van der Waals surface area contributed by atoms with E-state index < -0.39 is 0 Å². The van der Waals surface area contributed by atoms with Gasteiger partial charge < -0.3 is 0 Å². The van der Waals surface area contributed by atoms with Crippen LogP contribution in [0.25, 0.3) is 5.70 Å². The molecule has 0 fully saturated rings. The van der Waals surface area contributed by atoms with Crippen LogP contribution in [-0.2, 0) is 4.79 Å². The van der Waals surface area contributed by atoms with Crippen LogP contribution in [0.3, 0.4) is 0 Å². The summed E-state index contributed by atoms with van der Waals surface area (Å²) in [4.78, 5) is 27.7. The molecule has 0 aromatic heterocycles. The van der Waals surface area contributed by atoms with Gasteiger partial charge >= 0.3 is 0 Å². The highest BCUT2D eigenvalue weighted by atomic mass is 19.1. The third-order valence-electron chi connectivity index (χ3n) is 4.79. The average molecular weight is 371 g/mol. The highest BCUT2D eigenvalue weighted by Crippen LogP contribution is 2.36. The molecule has 3 nitrogen and oxygen atoms in total. The second-order valence-electron chi connectivity index (χ2n) is 6.59. The predicted octanol–water partition coefficient (Wildman–Crippen LogP) is 5.25. The van der Waals surface area contributed by atoms with Crippen molar-refractivity contribution in [3.63, 3.8) is 0 Å². The molecule has 3 aromatic rings. The molecule has 1 heterocycles. The molecule has 138 valence electrons. The van der Waals surface area contributed by atoms with Gasteiger partial charge in [-0.05, 0) is 36.2 Å². The topological polar surface area (TPSA) is 37.4 Å². The Morgan fingerprint density at radius 1 is 0.786 bits per heavy atom. The summed E-state index contributed by atoms with van der Waals surface area (Å²) in [7, 11) is 0. The average Bonchev–Trinajstić information content (AvgIpc) is 2.75. The molecule has 0 spiro atoms. The molecule has 0 bridgehead atoms. The van der Waals surface area contributed by atoms with Crippen molar-refractivity contribution < 1.29 is 14.0 Å². The number of rotatable bonds is 4. The Bertz CT molecular complexity index is 1040. The molecule has 4 rings (SSSR count). The van der Waals surface area contributed by atoms with Gasteiger partial charge in [0, 0.05) is 23.2 Å². The minimum absolute atomic E-state index is 0.0981. The largest absolute Gasteiger partial charge is 0.289 e. The number of benzene rings is 3. The molecular formula is C24H18FNO2. The molecule has 3 aromatic carbocycles. The molecule has 0 aliphatic carbocycles. The lowest BCUT2D eigenvalue weighted by atomic mass is 9.90. The van der Waals surface area contributed by atoms with Gasteiger partial charge in [0.2, 0.25) is 5.91 Å². The van der Waals surface area contributed by atoms with E-state index in [2.05, 4.69) is 0 Å². The van der Waals surface area contributed by atoms with E-state index in [0.717, 1.165) is 5.56 Å². The summed E-state index contributed by atoms with van der Waals surface area (Å²) in [6, 6.07) is 24.2. The van der Waals surface area contributed by atoms with E-state index in [0.29, 0.717) is 28.9 Å². The zero-order valence-corrected chi connectivity index (χ0v) is 15.1. The smallest absolute Gasteiger partial charge is 0.231 e. The van der Waals surface area contributed by atoms with Crippen LogP contribution in [0.5, 0.6) is 0 Å². The van der Waals surface area contributed by atoms with E-state index in [1.807, 2.05) is 48.5 Å². The van der Waals surface area contributed by atoms with Gasteiger partial charge in [0.25, 0.3) is 0 Å². The predicted molar refractivity (Wildman–Crippen MR) is 107 cm³/mol. The number of hydrogen-bond donors (Lipinski definition) is 0. The number of anilines is 1. The first-order valence-corrected chi connectivity index (χ1v) is 9.12. The Balaban J connectivity index is 1.92. The lowest BCUT2D eigenvalue weighted by Gasteiger charge is -2.32. The van der Waals surface area contributed by atoms with Gasteiger partial charge in [0.1, 0.15) is 5.82 Å². The zero-order valence-electron chi connectivity index (χ0n) is 15.1. The quantitative estimate of drug-likeness (QED) is 0.588. The summed E-state index contributed by atoms with van der Waals surface area (Å²) in [5, 5.41) is 0. The van der Waals surface area contributed by atoms with Crippen LogP contribution in [0, 0.1) is 5.82 Å². The first-order chi connectivity index (χ1) is 13.6. The van der Waals surface area contributed by atoms with Crippen LogP contribution in [0.4, 0.5) is 10.1 Å². The number of hydrogen-bond acceptors (Lipinski definition) is 2. The van der Waals surface area contributed by atoms with Gasteiger partial charge in [-0.15, -0.1) is 0 Å². The molecule has 0 saturated carbocycles. The SMILES string of the molecule is O=C(C1=C(c2ccccc2)N(c2ccc(F)cc2)C(=O)CC1)c1ccccc1. The van der Waals surface area contributed by atoms with Crippen molar-refractivity contribution in [3.05, 3.63) is 107 Å². The Morgan fingerprint density at radius 3 is 2.04 bits per heavy atom. The summed E-state index contributed by atoms with van der Waals surface area (Å²) in [5.74, 6) is -0.590. The van der Waals surface area contributed by atoms with Crippen LogP contribution in [-0.4, -0.2) is 11.7 Å². The number of amides is 1. The Morgan fingerprint density at radius 2 is 1.39 bits per heavy atom. The molecular weight excluding hydrogens is 353 g/mol. The zero-order chi connectivity index (χ0) is 19.5. The normalized spacial score (nSPS) is 14.3. The molecule has 0 saturated heterocycles. The van der Waals surface area contributed by atoms with E-state index in [-0.39, 0.29) is 23.9 Å². The second-order valence-corrected chi connectivity index (χ2v) is 6.59. The third kappa shape index (κ3) is 3.37. The minimum Gasteiger partial charge on any atom is -0.289 e. The number of carbonyl (C=O) groups excluding carboxylic acids is 2. The van der Waals surface area contributed by atoms with Crippen LogP contribution < -0.4 is 4.90 Å². The van der Waals surface area contributed by atoms with E-state index in [1.54, 1.807) is 24.3 Å². The number of ketones is 1. The lowest BCUT2D eigenvalue weighted by Crippen LogP contribution is -2.35. The summed E-state index contributed by atoms with van der Waals surface area (Å²) in [6.07, 6.45) is 0.593. The van der Waals surface area contributed by atoms with E-state index >= 15 is 0 Å². The molecule has 1 aliphatic rings. The highest BCUT2D eigenvalue weighted by Gasteiger charge is 2.32. The number of nitrogens with zero attached hydrogens (tertiary/aromatic N) is 1. The Hall–Kier alpha value is -3.53. The summed E-state index contributed by atoms with van der Waals surface area (Å²) in [5.41, 5.74) is 3.06. The minimum atomic E-state index is -0.376.